The maximum absolute atomic E-state index is 4.39. The van der Waals surface area contributed by atoms with E-state index in [0.29, 0.717) is 5.92 Å². The molecule has 0 bridgehead atoms. The fourth-order valence-corrected chi connectivity index (χ4v) is 1.69. The molecule has 0 aliphatic carbocycles. The van der Waals surface area contributed by atoms with Crippen molar-refractivity contribution >= 4 is 22.0 Å². The van der Waals surface area contributed by atoms with Crippen molar-refractivity contribution in [2.45, 2.75) is 40.2 Å². The van der Waals surface area contributed by atoms with Crippen LogP contribution in [0.1, 0.15) is 40.3 Å². The quantitative estimate of drug-likeness (QED) is 0.898. The summed E-state index contributed by atoms with van der Waals surface area (Å²) in [6.07, 6.45) is 4.01. The molecular formula is C15H23BrN2. The molecule has 100 valence electrons. The van der Waals surface area contributed by atoms with Crippen molar-refractivity contribution in [1.29, 1.82) is 0 Å². The zero-order chi connectivity index (χ0) is 13.8. The van der Waals surface area contributed by atoms with Crippen LogP contribution in [0.2, 0.25) is 0 Å². The molecule has 0 saturated carbocycles. The van der Waals surface area contributed by atoms with E-state index in [4.69, 9.17) is 0 Å². The van der Waals surface area contributed by atoms with Crippen LogP contribution in [0, 0.1) is 5.92 Å². The Morgan fingerprint density at radius 1 is 1.39 bits per heavy atom. The molecule has 0 aromatic carbocycles. The van der Waals surface area contributed by atoms with Crippen LogP contribution >= 0.6 is 15.9 Å². The fourth-order valence-electron chi connectivity index (χ4n) is 1.45. The van der Waals surface area contributed by atoms with Gasteiger partial charge in [-0.2, -0.15) is 0 Å². The van der Waals surface area contributed by atoms with Crippen LogP contribution in [0.3, 0.4) is 0 Å². The molecule has 0 aliphatic heterocycles. The van der Waals surface area contributed by atoms with Crippen LogP contribution in [-0.2, 0) is 0 Å². The molecule has 0 unspecified atom stereocenters. The van der Waals surface area contributed by atoms with E-state index in [1.807, 2.05) is 18.3 Å². The molecule has 0 spiro atoms. The summed E-state index contributed by atoms with van der Waals surface area (Å²) < 4.78 is 1.01. The van der Waals surface area contributed by atoms with Crippen LogP contribution < -0.4 is 5.32 Å². The van der Waals surface area contributed by atoms with Gasteiger partial charge in [0.25, 0.3) is 0 Å². The molecule has 1 rings (SSSR count). The Hall–Kier alpha value is -0.670. The van der Waals surface area contributed by atoms with E-state index in [9.17, 15) is 0 Å². The SMILES string of the molecule is CC(C)/C(=C/c1ccc(Br)cn1)CNC(C)(C)C. The highest BCUT2D eigenvalue weighted by Crippen LogP contribution is 2.15. The van der Waals surface area contributed by atoms with Gasteiger partial charge in [-0.15, -0.1) is 0 Å². The Morgan fingerprint density at radius 2 is 2.06 bits per heavy atom. The molecule has 0 atom stereocenters. The van der Waals surface area contributed by atoms with Crippen LogP contribution in [-0.4, -0.2) is 17.1 Å². The topological polar surface area (TPSA) is 24.9 Å². The van der Waals surface area contributed by atoms with Gasteiger partial charge in [-0.1, -0.05) is 19.4 Å². The van der Waals surface area contributed by atoms with Crippen LogP contribution in [0.5, 0.6) is 0 Å². The van der Waals surface area contributed by atoms with E-state index in [0.717, 1.165) is 16.7 Å². The number of nitrogens with one attached hydrogen (secondary N) is 1. The number of hydrogen-bond donors (Lipinski definition) is 1. The Kier molecular flexibility index (Phi) is 5.54. The first kappa shape index (κ1) is 15.4. The second kappa shape index (κ2) is 6.48. The Balaban J connectivity index is 2.81. The zero-order valence-electron chi connectivity index (χ0n) is 11.9. The van der Waals surface area contributed by atoms with Gasteiger partial charge in [0.2, 0.25) is 0 Å². The lowest BCUT2D eigenvalue weighted by Crippen LogP contribution is -2.37. The number of rotatable bonds is 4. The van der Waals surface area contributed by atoms with Crippen molar-refractivity contribution < 1.29 is 0 Å². The summed E-state index contributed by atoms with van der Waals surface area (Å²) >= 11 is 3.40. The first-order valence-corrected chi connectivity index (χ1v) is 7.14. The number of pyridine rings is 1. The molecule has 2 nitrogen and oxygen atoms in total. The number of hydrogen-bond acceptors (Lipinski definition) is 2. The predicted molar refractivity (Wildman–Crippen MR) is 82.5 cm³/mol. The van der Waals surface area contributed by atoms with E-state index in [2.05, 4.69) is 66.9 Å². The average molecular weight is 311 g/mol. The Bertz CT molecular complexity index is 399. The summed E-state index contributed by atoms with van der Waals surface area (Å²) in [7, 11) is 0. The molecule has 0 radical (unpaired) electrons. The van der Waals surface area contributed by atoms with Gasteiger partial charge in [0, 0.05) is 22.8 Å². The van der Waals surface area contributed by atoms with E-state index in [-0.39, 0.29) is 5.54 Å². The second-order valence-electron chi connectivity index (χ2n) is 5.88. The Labute approximate surface area is 119 Å². The Morgan fingerprint density at radius 3 is 2.50 bits per heavy atom. The molecule has 1 aromatic rings. The molecule has 1 aromatic heterocycles. The average Bonchev–Trinajstić information content (AvgIpc) is 2.25. The molecule has 0 amide bonds. The van der Waals surface area contributed by atoms with E-state index < -0.39 is 0 Å². The highest BCUT2D eigenvalue weighted by atomic mass is 79.9. The summed E-state index contributed by atoms with van der Waals surface area (Å²) in [6, 6.07) is 4.05. The monoisotopic (exact) mass is 310 g/mol. The summed E-state index contributed by atoms with van der Waals surface area (Å²) in [6.45, 7) is 11.9. The largest absolute Gasteiger partial charge is 0.308 e. The van der Waals surface area contributed by atoms with Gasteiger partial charge in [0.05, 0.1) is 5.69 Å². The van der Waals surface area contributed by atoms with Gasteiger partial charge in [-0.05, 0) is 60.8 Å². The van der Waals surface area contributed by atoms with Crippen molar-refractivity contribution in [3.63, 3.8) is 0 Å². The van der Waals surface area contributed by atoms with Gasteiger partial charge in [-0.25, -0.2) is 0 Å². The number of aromatic nitrogens is 1. The van der Waals surface area contributed by atoms with E-state index in [1.165, 1.54) is 5.57 Å². The van der Waals surface area contributed by atoms with Crippen LogP contribution in [0.15, 0.2) is 28.4 Å². The third kappa shape index (κ3) is 5.78. The second-order valence-corrected chi connectivity index (χ2v) is 6.79. The van der Waals surface area contributed by atoms with E-state index in [1.54, 1.807) is 0 Å². The molecule has 3 heteroatoms. The predicted octanol–water partition coefficient (Wildman–Crippen LogP) is 4.27. The third-order valence-electron chi connectivity index (χ3n) is 2.65. The van der Waals surface area contributed by atoms with Crippen molar-refractivity contribution in [2.24, 2.45) is 5.92 Å². The van der Waals surface area contributed by atoms with Crippen molar-refractivity contribution in [1.82, 2.24) is 10.3 Å². The lowest BCUT2D eigenvalue weighted by atomic mass is 10.00. The molecule has 0 fully saturated rings. The van der Waals surface area contributed by atoms with Gasteiger partial charge in [0.1, 0.15) is 0 Å². The zero-order valence-corrected chi connectivity index (χ0v) is 13.5. The highest BCUT2D eigenvalue weighted by Gasteiger charge is 2.11. The van der Waals surface area contributed by atoms with Crippen molar-refractivity contribution in [3.05, 3.63) is 34.1 Å². The van der Waals surface area contributed by atoms with Gasteiger partial charge < -0.3 is 5.32 Å². The van der Waals surface area contributed by atoms with Crippen LogP contribution in [0.4, 0.5) is 0 Å². The number of nitrogens with zero attached hydrogens (tertiary/aromatic N) is 1. The molecular weight excluding hydrogens is 288 g/mol. The maximum Gasteiger partial charge on any atom is 0.0630 e. The smallest absolute Gasteiger partial charge is 0.0630 e. The normalized spacial score (nSPS) is 13.2. The highest BCUT2D eigenvalue weighted by molar-refractivity contribution is 9.10. The lowest BCUT2D eigenvalue weighted by molar-refractivity contribution is 0.437. The van der Waals surface area contributed by atoms with Gasteiger partial charge in [-0.3, -0.25) is 4.98 Å². The minimum atomic E-state index is 0.140. The third-order valence-corrected chi connectivity index (χ3v) is 3.12. The summed E-state index contributed by atoms with van der Waals surface area (Å²) in [5.74, 6) is 0.519. The molecule has 1 heterocycles. The summed E-state index contributed by atoms with van der Waals surface area (Å²) in [4.78, 5) is 4.39. The maximum atomic E-state index is 4.39. The minimum Gasteiger partial charge on any atom is -0.308 e. The van der Waals surface area contributed by atoms with Gasteiger partial charge in [0.15, 0.2) is 0 Å². The molecule has 18 heavy (non-hydrogen) atoms. The van der Waals surface area contributed by atoms with Crippen molar-refractivity contribution in [3.8, 4) is 0 Å². The fraction of sp³-hybridized carbons (Fsp3) is 0.533. The van der Waals surface area contributed by atoms with Crippen molar-refractivity contribution in [2.75, 3.05) is 6.54 Å². The van der Waals surface area contributed by atoms with Crippen LogP contribution in [0.25, 0.3) is 6.08 Å². The van der Waals surface area contributed by atoms with E-state index >= 15 is 0 Å². The first-order chi connectivity index (χ1) is 8.28. The number of halogens is 1. The summed E-state index contributed by atoms with van der Waals surface area (Å²) in [5.41, 5.74) is 2.53. The molecule has 0 aliphatic rings. The standard InChI is InChI=1S/C15H23BrN2/c1-11(2)12(9-18-15(3,4)5)8-14-7-6-13(16)10-17-14/h6-8,10-11,18H,9H2,1-5H3/b12-8+. The minimum absolute atomic E-state index is 0.140. The first-order valence-electron chi connectivity index (χ1n) is 6.35. The lowest BCUT2D eigenvalue weighted by Gasteiger charge is -2.23. The van der Waals surface area contributed by atoms with Gasteiger partial charge >= 0.3 is 0 Å². The molecule has 1 N–H and O–H groups in total. The molecule has 0 saturated heterocycles. The summed E-state index contributed by atoms with van der Waals surface area (Å²) in [5, 5.41) is 3.53.